The molecule has 3 rings (SSSR count). The minimum Gasteiger partial charge on any atom is -0.394 e. The van der Waals surface area contributed by atoms with Crippen molar-refractivity contribution >= 4 is 5.69 Å². The first kappa shape index (κ1) is 11.1. The maximum atomic E-state index is 9.29. The summed E-state index contributed by atoms with van der Waals surface area (Å²) in [4.78, 5) is 0. The third-order valence-corrected chi connectivity index (χ3v) is 3.97. The summed E-state index contributed by atoms with van der Waals surface area (Å²) < 4.78 is 0. The highest BCUT2D eigenvalue weighted by Gasteiger charge is 2.41. The van der Waals surface area contributed by atoms with Gasteiger partial charge in [-0.05, 0) is 36.8 Å². The van der Waals surface area contributed by atoms with Crippen molar-refractivity contribution < 1.29 is 5.11 Å². The lowest BCUT2D eigenvalue weighted by molar-refractivity contribution is 0.229. The molecule has 1 aromatic carbocycles. The third kappa shape index (κ3) is 2.17. The fourth-order valence-corrected chi connectivity index (χ4v) is 2.55. The molecule has 0 atom stereocenters. The first-order valence-electron chi connectivity index (χ1n) is 6.54. The molecular weight excluding hydrogens is 212 g/mol. The zero-order valence-corrected chi connectivity index (χ0v) is 10.1. The van der Waals surface area contributed by atoms with Crippen LogP contribution in [0.2, 0.25) is 0 Å². The van der Waals surface area contributed by atoms with Crippen LogP contribution in [-0.4, -0.2) is 23.8 Å². The third-order valence-electron chi connectivity index (χ3n) is 3.97. The number of nitrogens with one attached hydrogen (secondary N) is 2. The molecule has 2 aliphatic rings. The fraction of sp³-hybridized carbons (Fsp3) is 0.571. The molecule has 1 aliphatic carbocycles. The highest BCUT2D eigenvalue weighted by atomic mass is 16.3. The lowest BCUT2D eigenvalue weighted by atomic mass is 9.99. The van der Waals surface area contributed by atoms with Gasteiger partial charge < -0.3 is 15.7 Å². The van der Waals surface area contributed by atoms with E-state index in [0.717, 1.165) is 25.9 Å². The van der Waals surface area contributed by atoms with Crippen molar-refractivity contribution in [2.24, 2.45) is 0 Å². The number of aliphatic hydroxyl groups excluding tert-OH is 1. The summed E-state index contributed by atoms with van der Waals surface area (Å²) in [6.07, 6.45) is 4.61. The van der Waals surface area contributed by atoms with Crippen molar-refractivity contribution in [3.8, 4) is 0 Å². The normalized spacial score (nSPS) is 20.5. The number of rotatable bonds is 4. The van der Waals surface area contributed by atoms with Crippen LogP contribution < -0.4 is 10.6 Å². The Labute approximate surface area is 102 Å². The van der Waals surface area contributed by atoms with Crippen LogP contribution in [0.1, 0.15) is 30.4 Å². The molecule has 0 unspecified atom stereocenters. The van der Waals surface area contributed by atoms with E-state index >= 15 is 0 Å². The summed E-state index contributed by atoms with van der Waals surface area (Å²) in [7, 11) is 0. The Morgan fingerprint density at radius 2 is 2.24 bits per heavy atom. The molecule has 0 saturated heterocycles. The lowest BCUT2D eigenvalue weighted by Gasteiger charge is -2.22. The molecule has 3 N–H and O–H groups in total. The fourth-order valence-electron chi connectivity index (χ4n) is 2.55. The molecule has 1 saturated carbocycles. The number of anilines is 1. The van der Waals surface area contributed by atoms with E-state index in [2.05, 4.69) is 28.8 Å². The van der Waals surface area contributed by atoms with E-state index in [1.165, 1.54) is 29.7 Å². The van der Waals surface area contributed by atoms with Crippen molar-refractivity contribution in [3.63, 3.8) is 0 Å². The number of hydrogen-bond donors (Lipinski definition) is 3. The topological polar surface area (TPSA) is 44.3 Å². The molecule has 1 heterocycles. The minimum atomic E-state index is 0.0252. The molecule has 0 radical (unpaired) electrons. The largest absolute Gasteiger partial charge is 0.394 e. The van der Waals surface area contributed by atoms with Gasteiger partial charge in [0.25, 0.3) is 0 Å². The van der Waals surface area contributed by atoms with Crippen molar-refractivity contribution in [2.45, 2.75) is 37.8 Å². The van der Waals surface area contributed by atoms with Crippen LogP contribution in [0.25, 0.3) is 0 Å². The van der Waals surface area contributed by atoms with Crippen molar-refractivity contribution in [2.75, 3.05) is 18.5 Å². The van der Waals surface area contributed by atoms with Gasteiger partial charge >= 0.3 is 0 Å². The number of para-hydroxylation sites is 1. The van der Waals surface area contributed by atoms with E-state index in [1.807, 2.05) is 0 Å². The van der Waals surface area contributed by atoms with Gasteiger partial charge in [-0.25, -0.2) is 0 Å². The maximum Gasteiger partial charge on any atom is 0.0613 e. The summed E-state index contributed by atoms with van der Waals surface area (Å²) in [5.41, 5.74) is 4.11. The van der Waals surface area contributed by atoms with Crippen LogP contribution in [-0.2, 0) is 13.0 Å². The van der Waals surface area contributed by atoms with Crippen LogP contribution in [0.3, 0.4) is 0 Å². The van der Waals surface area contributed by atoms with Crippen molar-refractivity contribution in [3.05, 3.63) is 29.3 Å². The van der Waals surface area contributed by atoms with Gasteiger partial charge in [0.15, 0.2) is 0 Å². The van der Waals surface area contributed by atoms with Crippen molar-refractivity contribution in [1.29, 1.82) is 0 Å². The zero-order chi connectivity index (χ0) is 11.7. The van der Waals surface area contributed by atoms with E-state index in [-0.39, 0.29) is 12.1 Å². The summed E-state index contributed by atoms with van der Waals surface area (Å²) in [5, 5.41) is 16.3. The standard InChI is InChI=1S/C14H20N2O/c17-10-14(6-7-14)16-9-12-4-1-3-11-5-2-8-15-13(11)12/h1,3-4,15-17H,2,5-10H2. The van der Waals surface area contributed by atoms with Gasteiger partial charge in [0, 0.05) is 24.3 Å². The van der Waals surface area contributed by atoms with E-state index in [0.29, 0.717) is 0 Å². The van der Waals surface area contributed by atoms with Crippen LogP contribution in [0.15, 0.2) is 18.2 Å². The predicted octanol–water partition coefficient (Wildman–Crippen LogP) is 1.66. The Balaban J connectivity index is 1.74. The quantitative estimate of drug-likeness (QED) is 0.739. The van der Waals surface area contributed by atoms with Crippen LogP contribution in [0, 0.1) is 0 Å². The number of benzene rings is 1. The van der Waals surface area contributed by atoms with E-state index in [4.69, 9.17) is 0 Å². The van der Waals surface area contributed by atoms with E-state index in [9.17, 15) is 5.11 Å². The number of fused-ring (bicyclic) bond motifs is 1. The molecule has 1 aliphatic heterocycles. The van der Waals surface area contributed by atoms with Gasteiger partial charge in [-0.3, -0.25) is 0 Å². The predicted molar refractivity (Wildman–Crippen MR) is 69.1 cm³/mol. The Bertz CT molecular complexity index is 413. The highest BCUT2D eigenvalue weighted by Crippen LogP contribution is 2.35. The smallest absolute Gasteiger partial charge is 0.0613 e. The van der Waals surface area contributed by atoms with E-state index < -0.39 is 0 Å². The molecule has 3 heteroatoms. The van der Waals surface area contributed by atoms with Gasteiger partial charge in [-0.15, -0.1) is 0 Å². The van der Waals surface area contributed by atoms with Gasteiger partial charge in [0.1, 0.15) is 0 Å². The Hall–Kier alpha value is -1.06. The number of aliphatic hydroxyl groups is 1. The summed E-state index contributed by atoms with van der Waals surface area (Å²) in [5.74, 6) is 0. The number of hydrogen-bond acceptors (Lipinski definition) is 3. The monoisotopic (exact) mass is 232 g/mol. The zero-order valence-electron chi connectivity index (χ0n) is 10.1. The molecule has 1 aromatic rings. The van der Waals surface area contributed by atoms with Crippen LogP contribution >= 0.6 is 0 Å². The molecule has 3 nitrogen and oxygen atoms in total. The molecule has 0 aromatic heterocycles. The van der Waals surface area contributed by atoms with Gasteiger partial charge in [-0.1, -0.05) is 18.2 Å². The van der Waals surface area contributed by atoms with Gasteiger partial charge in [0.05, 0.1) is 6.61 Å². The molecule has 0 bridgehead atoms. The second kappa shape index (κ2) is 4.31. The second-order valence-electron chi connectivity index (χ2n) is 5.27. The Morgan fingerprint density at radius 1 is 1.35 bits per heavy atom. The molecular formula is C14H20N2O. The van der Waals surface area contributed by atoms with Crippen LogP contribution in [0.5, 0.6) is 0 Å². The highest BCUT2D eigenvalue weighted by molar-refractivity contribution is 5.59. The van der Waals surface area contributed by atoms with Crippen LogP contribution in [0.4, 0.5) is 5.69 Å². The first-order valence-corrected chi connectivity index (χ1v) is 6.54. The SMILES string of the molecule is OCC1(NCc2cccc3c2NCCC3)CC1. The molecule has 0 spiro atoms. The Kier molecular flexibility index (Phi) is 2.81. The maximum absolute atomic E-state index is 9.29. The summed E-state index contributed by atoms with van der Waals surface area (Å²) >= 11 is 0. The van der Waals surface area contributed by atoms with Gasteiger partial charge in [0.2, 0.25) is 0 Å². The molecule has 17 heavy (non-hydrogen) atoms. The number of aryl methyl sites for hydroxylation is 1. The minimum absolute atomic E-state index is 0.0252. The van der Waals surface area contributed by atoms with Crippen molar-refractivity contribution in [1.82, 2.24) is 5.32 Å². The summed E-state index contributed by atoms with van der Waals surface area (Å²) in [6, 6.07) is 6.53. The second-order valence-corrected chi connectivity index (χ2v) is 5.27. The average Bonchev–Trinajstić information content (AvgIpc) is 3.17. The average molecular weight is 232 g/mol. The van der Waals surface area contributed by atoms with E-state index in [1.54, 1.807) is 0 Å². The van der Waals surface area contributed by atoms with Gasteiger partial charge in [-0.2, -0.15) is 0 Å². The Morgan fingerprint density at radius 3 is 3.00 bits per heavy atom. The lowest BCUT2D eigenvalue weighted by Crippen LogP contribution is -2.34. The first-order chi connectivity index (χ1) is 8.33. The molecule has 1 fully saturated rings. The molecule has 0 amide bonds. The molecule has 92 valence electrons. The summed E-state index contributed by atoms with van der Waals surface area (Å²) in [6.45, 7) is 2.20.